The Labute approximate surface area is 208 Å². The Hall–Kier alpha value is -2.98. The maximum absolute atomic E-state index is 13.6. The average Bonchev–Trinajstić information content (AvgIpc) is 3.34. The molecule has 2 aliphatic rings. The van der Waals surface area contributed by atoms with Crippen LogP contribution in [-0.2, 0) is 16.0 Å². The quantitative estimate of drug-likeness (QED) is 0.586. The summed E-state index contributed by atoms with van der Waals surface area (Å²) in [6.45, 7) is 0.813. The minimum atomic E-state index is -0.836. The topological polar surface area (TPSA) is 146 Å². The van der Waals surface area contributed by atoms with Crippen molar-refractivity contribution in [2.24, 2.45) is 22.8 Å². The summed E-state index contributed by atoms with van der Waals surface area (Å²) in [5, 5.41) is 7.89. The van der Waals surface area contributed by atoms with Crippen LogP contribution in [0, 0.1) is 11.3 Å². The van der Waals surface area contributed by atoms with Crippen LogP contribution in [0.15, 0.2) is 30.6 Å². The van der Waals surface area contributed by atoms with Crippen LogP contribution in [0.3, 0.4) is 0 Å². The second-order valence-electron chi connectivity index (χ2n) is 9.48. The fraction of sp³-hybridized carbons (Fsp3) is 0.542. The van der Waals surface area contributed by atoms with Gasteiger partial charge in [-0.2, -0.15) is 0 Å². The molecule has 10 nitrogen and oxygen atoms in total. The molecule has 1 aliphatic heterocycles. The first-order chi connectivity index (χ1) is 16.8. The average molecular weight is 503 g/mol. The molecule has 1 aliphatic carbocycles. The van der Waals surface area contributed by atoms with Crippen LogP contribution in [0.4, 0.5) is 0 Å². The second-order valence-corrected chi connectivity index (χ2v) is 9.91. The molecular formula is C24H31ClN6O4. The Morgan fingerprint density at radius 3 is 2.40 bits per heavy atom. The van der Waals surface area contributed by atoms with Gasteiger partial charge in [0.25, 0.3) is 11.7 Å². The van der Waals surface area contributed by atoms with Crippen LogP contribution < -0.4 is 16.3 Å². The highest BCUT2D eigenvalue weighted by atomic mass is 35.5. The van der Waals surface area contributed by atoms with Gasteiger partial charge < -0.3 is 21.2 Å². The summed E-state index contributed by atoms with van der Waals surface area (Å²) in [6, 6.07) is 6.60. The molecule has 0 spiro atoms. The van der Waals surface area contributed by atoms with Gasteiger partial charge in [0.2, 0.25) is 5.91 Å². The van der Waals surface area contributed by atoms with E-state index in [-0.39, 0.29) is 17.6 Å². The number of carbonyl (C=O) groups is 3. The number of nitrogens with two attached hydrogens (primary N) is 2. The van der Waals surface area contributed by atoms with E-state index in [1.165, 1.54) is 0 Å². The van der Waals surface area contributed by atoms with Crippen LogP contribution in [0.2, 0.25) is 5.02 Å². The summed E-state index contributed by atoms with van der Waals surface area (Å²) >= 11 is 5.94. The molecular weight excluding hydrogens is 472 g/mol. The monoisotopic (exact) mass is 502 g/mol. The van der Waals surface area contributed by atoms with E-state index in [1.54, 1.807) is 17.0 Å². The predicted molar refractivity (Wildman–Crippen MR) is 128 cm³/mol. The summed E-state index contributed by atoms with van der Waals surface area (Å²) in [5.41, 5.74) is 11.7. The standard InChI is InChI=1S/C24H31ClN6O4/c25-18-8-6-16(7-9-18)14-19(26)22(33)30-12-10-24(11-13-30,17-4-2-1-3-5-17)23(34)35-31-15-28-29-21(31)20(27)32/h6-9,15,17,19H,1-5,10-14,26H2,(H2,27,32). The van der Waals surface area contributed by atoms with Crippen molar-refractivity contribution in [2.75, 3.05) is 13.1 Å². The Bertz CT molecular complexity index is 1060. The van der Waals surface area contributed by atoms with Gasteiger partial charge in [0, 0.05) is 18.1 Å². The van der Waals surface area contributed by atoms with Crippen molar-refractivity contribution in [1.82, 2.24) is 19.8 Å². The first-order valence-corrected chi connectivity index (χ1v) is 12.4. The van der Waals surface area contributed by atoms with Crippen LogP contribution in [0.1, 0.15) is 61.1 Å². The zero-order valence-electron chi connectivity index (χ0n) is 19.6. The molecule has 0 radical (unpaired) electrons. The predicted octanol–water partition coefficient (Wildman–Crippen LogP) is 1.74. The molecule has 1 saturated carbocycles. The molecule has 11 heteroatoms. The lowest BCUT2D eigenvalue weighted by atomic mass is 9.63. The molecule has 0 bridgehead atoms. The highest BCUT2D eigenvalue weighted by molar-refractivity contribution is 6.30. The van der Waals surface area contributed by atoms with Gasteiger partial charge in [-0.1, -0.05) is 43.0 Å². The van der Waals surface area contributed by atoms with E-state index in [2.05, 4.69) is 10.2 Å². The van der Waals surface area contributed by atoms with Gasteiger partial charge in [0.1, 0.15) is 0 Å². The van der Waals surface area contributed by atoms with Crippen LogP contribution in [-0.4, -0.2) is 56.7 Å². The number of amides is 2. The van der Waals surface area contributed by atoms with Crippen molar-refractivity contribution in [3.63, 3.8) is 0 Å². The van der Waals surface area contributed by atoms with Gasteiger partial charge in [-0.05, 0) is 55.7 Å². The molecule has 2 heterocycles. The van der Waals surface area contributed by atoms with E-state index in [4.69, 9.17) is 27.9 Å². The van der Waals surface area contributed by atoms with Gasteiger partial charge in [0.15, 0.2) is 6.33 Å². The van der Waals surface area contributed by atoms with E-state index < -0.39 is 23.3 Å². The molecule has 1 aromatic heterocycles. The summed E-state index contributed by atoms with van der Waals surface area (Å²) in [4.78, 5) is 45.6. The van der Waals surface area contributed by atoms with Crippen molar-refractivity contribution in [2.45, 2.75) is 57.4 Å². The first kappa shape index (κ1) is 25.1. The molecule has 2 amide bonds. The number of nitrogens with zero attached hydrogens (tertiary/aromatic N) is 4. The molecule has 188 valence electrons. The van der Waals surface area contributed by atoms with E-state index in [9.17, 15) is 14.4 Å². The summed E-state index contributed by atoms with van der Waals surface area (Å²) in [7, 11) is 0. The maximum atomic E-state index is 13.6. The number of halogens is 1. The molecule has 1 saturated heterocycles. The normalized spacial score (nSPS) is 19.2. The molecule has 2 fully saturated rings. The van der Waals surface area contributed by atoms with Crippen LogP contribution in [0.5, 0.6) is 0 Å². The third-order valence-corrected chi connectivity index (χ3v) is 7.62. The number of aromatic nitrogens is 3. The fourth-order valence-corrected chi connectivity index (χ4v) is 5.51. The lowest BCUT2D eigenvalue weighted by molar-refractivity contribution is -0.167. The molecule has 4 rings (SSSR count). The van der Waals surface area contributed by atoms with Gasteiger partial charge in [-0.3, -0.25) is 9.59 Å². The van der Waals surface area contributed by atoms with Crippen molar-refractivity contribution in [1.29, 1.82) is 0 Å². The zero-order chi connectivity index (χ0) is 25.0. The number of piperidine rings is 1. The first-order valence-electron chi connectivity index (χ1n) is 12.0. The summed E-state index contributed by atoms with van der Waals surface area (Å²) in [6.07, 6.45) is 7.57. The van der Waals surface area contributed by atoms with Gasteiger partial charge in [-0.15, -0.1) is 14.9 Å². The largest absolute Gasteiger partial charge is 0.363 e. The Balaban J connectivity index is 1.46. The number of hydrogen-bond acceptors (Lipinski definition) is 7. The minimum Gasteiger partial charge on any atom is -0.363 e. The number of benzene rings is 1. The van der Waals surface area contributed by atoms with Gasteiger partial charge in [-0.25, -0.2) is 4.79 Å². The third-order valence-electron chi connectivity index (χ3n) is 7.37. The zero-order valence-corrected chi connectivity index (χ0v) is 20.3. The number of likely N-dealkylation sites (tertiary alicyclic amines) is 1. The van der Waals surface area contributed by atoms with E-state index in [0.29, 0.717) is 37.4 Å². The lowest BCUT2D eigenvalue weighted by Crippen LogP contribution is -2.55. The Kier molecular flexibility index (Phi) is 7.71. The second kappa shape index (κ2) is 10.7. The van der Waals surface area contributed by atoms with Crippen molar-refractivity contribution < 1.29 is 19.2 Å². The molecule has 4 N–H and O–H groups in total. The smallest absolute Gasteiger partial charge is 0.339 e. The van der Waals surface area contributed by atoms with Gasteiger partial charge in [0.05, 0.1) is 11.5 Å². The number of primary amides is 1. The number of carbonyl (C=O) groups excluding carboxylic acids is 3. The Morgan fingerprint density at radius 1 is 1.11 bits per heavy atom. The van der Waals surface area contributed by atoms with Crippen molar-refractivity contribution in [3.8, 4) is 0 Å². The fourth-order valence-electron chi connectivity index (χ4n) is 5.39. The third kappa shape index (κ3) is 5.48. The van der Waals surface area contributed by atoms with Crippen LogP contribution >= 0.6 is 11.6 Å². The number of hydrogen-bond donors (Lipinski definition) is 2. The summed E-state index contributed by atoms with van der Waals surface area (Å²) in [5.74, 6) is -1.52. The lowest BCUT2D eigenvalue weighted by Gasteiger charge is -2.46. The van der Waals surface area contributed by atoms with Gasteiger partial charge >= 0.3 is 5.97 Å². The maximum Gasteiger partial charge on any atom is 0.339 e. The van der Waals surface area contributed by atoms with Crippen molar-refractivity contribution >= 4 is 29.4 Å². The SMILES string of the molecule is NC(=O)c1nncn1OC(=O)C1(C2CCCCC2)CCN(C(=O)C(N)Cc2ccc(Cl)cc2)CC1. The van der Waals surface area contributed by atoms with E-state index in [1.807, 2.05) is 12.1 Å². The van der Waals surface area contributed by atoms with E-state index in [0.717, 1.165) is 48.7 Å². The molecule has 35 heavy (non-hydrogen) atoms. The molecule has 2 aromatic rings. The Morgan fingerprint density at radius 2 is 1.77 bits per heavy atom. The highest BCUT2D eigenvalue weighted by Crippen LogP contribution is 2.46. The van der Waals surface area contributed by atoms with E-state index >= 15 is 0 Å². The minimum absolute atomic E-state index is 0.136. The molecule has 1 aromatic carbocycles. The molecule has 1 atom stereocenters. The van der Waals surface area contributed by atoms with Crippen molar-refractivity contribution in [3.05, 3.63) is 47.0 Å². The molecule has 1 unspecified atom stereocenters. The van der Waals surface area contributed by atoms with Crippen LogP contribution in [0.25, 0.3) is 0 Å². The highest BCUT2D eigenvalue weighted by Gasteiger charge is 2.50. The number of rotatable bonds is 7. The summed E-state index contributed by atoms with van der Waals surface area (Å²) < 4.78 is 0.939.